The van der Waals surface area contributed by atoms with Crippen molar-refractivity contribution >= 4 is 17.7 Å². The molecule has 0 spiro atoms. The van der Waals surface area contributed by atoms with Crippen molar-refractivity contribution in [2.45, 2.75) is 76.7 Å². The number of benzene rings is 2. The zero-order valence-electron chi connectivity index (χ0n) is 22.9. The fourth-order valence-corrected chi connectivity index (χ4v) is 5.15. The van der Waals surface area contributed by atoms with Gasteiger partial charge in [0, 0.05) is 19.0 Å². The first-order chi connectivity index (χ1) is 19.9. The van der Waals surface area contributed by atoms with Crippen molar-refractivity contribution in [1.82, 2.24) is 4.90 Å². The van der Waals surface area contributed by atoms with Crippen molar-refractivity contribution in [3.05, 3.63) is 64.2 Å². The van der Waals surface area contributed by atoms with Gasteiger partial charge in [0.25, 0.3) is 0 Å². The first kappa shape index (κ1) is 32.3. The molecule has 2 aliphatic rings. The topological polar surface area (TPSA) is 59.1 Å². The monoisotopic (exact) mass is 626 g/mol. The second-order valence-corrected chi connectivity index (χ2v) is 10.5. The maximum absolute atomic E-state index is 13.8. The number of nitrogens with zero attached hydrogens (tertiary/aromatic N) is 2. The predicted octanol–water partition coefficient (Wildman–Crippen LogP) is 8.30. The summed E-state index contributed by atoms with van der Waals surface area (Å²) in [5, 5.41) is 1.13. The highest BCUT2D eigenvalue weighted by Gasteiger charge is 2.47. The van der Waals surface area contributed by atoms with E-state index in [4.69, 9.17) is 9.57 Å². The van der Waals surface area contributed by atoms with Crippen LogP contribution in [0.4, 0.5) is 50.0 Å². The van der Waals surface area contributed by atoms with E-state index in [2.05, 4.69) is 0 Å². The molecule has 1 aliphatic carbocycles. The number of carbonyl (C=O) groups is 2. The van der Waals surface area contributed by atoms with Gasteiger partial charge in [0.05, 0.1) is 41.1 Å². The predicted molar refractivity (Wildman–Crippen MR) is 133 cm³/mol. The summed E-state index contributed by atoms with van der Waals surface area (Å²) in [6.07, 6.45) is -14.6. The van der Waals surface area contributed by atoms with E-state index in [1.54, 1.807) is 6.92 Å². The molecule has 0 bridgehead atoms. The first-order valence-electron chi connectivity index (χ1n) is 13.3. The summed E-state index contributed by atoms with van der Waals surface area (Å²) in [6.45, 7) is 2.00. The molecule has 1 heterocycles. The van der Waals surface area contributed by atoms with Gasteiger partial charge in [-0.05, 0) is 73.6 Å². The summed E-state index contributed by atoms with van der Waals surface area (Å²) in [7, 11) is 0. The molecule has 0 radical (unpaired) electrons. The van der Waals surface area contributed by atoms with Crippen LogP contribution in [0.25, 0.3) is 0 Å². The Morgan fingerprint density at radius 2 is 1.47 bits per heavy atom. The number of alkyl halides is 9. The minimum Gasteiger partial charge on any atom is -0.433 e. The average molecular weight is 627 g/mol. The largest absolute Gasteiger partial charge is 0.533 e. The standard InChI is InChI=1S/C28H27F9N2O4/c1-3-8-42-25(41)43-39-22-7-6-18(26(29,30)31)12-21(22)24(13-23(39)17-4-5-17)38(15(2)40)14-16-9-19(27(32,33)34)11-20(10-16)28(35,36)37/h6-7,9-12,17,23-24H,3-5,8,13-14H2,1-2H3/t23-,24-/m0/s1. The van der Waals surface area contributed by atoms with Gasteiger partial charge in [-0.15, -0.1) is 0 Å². The van der Waals surface area contributed by atoms with E-state index in [-0.39, 0.29) is 36.3 Å². The van der Waals surface area contributed by atoms with Crippen molar-refractivity contribution < 1.29 is 58.7 Å². The number of halogens is 9. The number of amides is 1. The van der Waals surface area contributed by atoms with Crippen molar-refractivity contribution in [1.29, 1.82) is 0 Å². The SMILES string of the molecule is CCCOC(=O)ON1c2ccc(C(F)(F)F)cc2[C@@H](N(Cc2cc(C(F)(F)F)cc(C(F)(F)F)c2)C(C)=O)C[C@H]1C1CC1. The highest BCUT2D eigenvalue weighted by molar-refractivity contribution is 5.75. The molecule has 0 saturated heterocycles. The van der Waals surface area contributed by atoms with E-state index in [0.29, 0.717) is 31.4 Å². The molecule has 4 rings (SSSR count). The summed E-state index contributed by atoms with van der Waals surface area (Å²) in [5.74, 6) is -0.915. The lowest BCUT2D eigenvalue weighted by Gasteiger charge is -2.44. The number of ether oxygens (including phenoxy) is 1. The number of hydrogen-bond donors (Lipinski definition) is 0. The summed E-state index contributed by atoms with van der Waals surface area (Å²) in [5.41, 5.74) is -4.98. The third-order valence-electron chi connectivity index (χ3n) is 7.26. The van der Waals surface area contributed by atoms with Gasteiger partial charge in [-0.25, -0.2) is 4.79 Å². The Morgan fingerprint density at radius 3 is 1.95 bits per heavy atom. The summed E-state index contributed by atoms with van der Waals surface area (Å²) in [6, 6.07) is 1.55. The zero-order valence-corrected chi connectivity index (χ0v) is 22.9. The molecule has 1 amide bonds. The van der Waals surface area contributed by atoms with Gasteiger partial charge in [-0.1, -0.05) is 6.92 Å². The smallest absolute Gasteiger partial charge is 0.433 e. The number of fused-ring (bicyclic) bond motifs is 1. The Kier molecular flexibility index (Phi) is 8.85. The van der Waals surface area contributed by atoms with E-state index in [1.807, 2.05) is 0 Å². The van der Waals surface area contributed by atoms with E-state index in [0.717, 1.165) is 35.1 Å². The maximum Gasteiger partial charge on any atom is 0.533 e. The molecule has 6 nitrogen and oxygen atoms in total. The van der Waals surface area contributed by atoms with Crippen LogP contribution in [-0.4, -0.2) is 29.6 Å². The van der Waals surface area contributed by atoms with Crippen LogP contribution in [0.5, 0.6) is 0 Å². The second-order valence-electron chi connectivity index (χ2n) is 10.5. The molecule has 2 aromatic carbocycles. The Hall–Kier alpha value is -3.65. The summed E-state index contributed by atoms with van der Waals surface area (Å²) >= 11 is 0. The quantitative estimate of drug-likeness (QED) is 0.229. The third-order valence-corrected chi connectivity index (χ3v) is 7.26. The fraction of sp³-hybridized carbons (Fsp3) is 0.500. The van der Waals surface area contributed by atoms with Gasteiger partial charge < -0.3 is 14.5 Å². The minimum atomic E-state index is -5.14. The zero-order chi connectivity index (χ0) is 31.9. The fourth-order valence-electron chi connectivity index (χ4n) is 5.15. The molecule has 43 heavy (non-hydrogen) atoms. The van der Waals surface area contributed by atoms with E-state index >= 15 is 0 Å². The minimum absolute atomic E-state index is 0.0122. The Balaban J connectivity index is 1.82. The highest BCUT2D eigenvalue weighted by Crippen LogP contribution is 2.50. The van der Waals surface area contributed by atoms with Gasteiger partial charge in [0.15, 0.2) is 0 Å². The van der Waals surface area contributed by atoms with Crippen LogP contribution in [0.15, 0.2) is 36.4 Å². The van der Waals surface area contributed by atoms with Gasteiger partial charge in [0.2, 0.25) is 5.91 Å². The lowest BCUT2D eigenvalue weighted by molar-refractivity contribution is -0.143. The lowest BCUT2D eigenvalue weighted by Crippen LogP contribution is -2.47. The number of anilines is 1. The average Bonchev–Trinajstić information content (AvgIpc) is 3.74. The Morgan fingerprint density at radius 1 is 0.884 bits per heavy atom. The third kappa shape index (κ3) is 7.47. The van der Waals surface area contributed by atoms with E-state index < -0.39 is 71.5 Å². The molecule has 0 aromatic heterocycles. The van der Waals surface area contributed by atoms with Crippen molar-refractivity contribution in [2.75, 3.05) is 11.7 Å². The van der Waals surface area contributed by atoms with Crippen LogP contribution < -0.4 is 5.06 Å². The number of hydrogen-bond acceptors (Lipinski definition) is 5. The van der Waals surface area contributed by atoms with Crippen LogP contribution in [0.2, 0.25) is 0 Å². The van der Waals surface area contributed by atoms with Gasteiger partial charge in [-0.2, -0.15) is 44.6 Å². The van der Waals surface area contributed by atoms with Gasteiger partial charge in [0.1, 0.15) is 0 Å². The molecular weight excluding hydrogens is 599 g/mol. The van der Waals surface area contributed by atoms with Crippen molar-refractivity contribution in [3.63, 3.8) is 0 Å². The molecule has 15 heteroatoms. The number of hydroxylamine groups is 1. The van der Waals surface area contributed by atoms with Crippen molar-refractivity contribution in [3.8, 4) is 0 Å². The number of rotatable bonds is 7. The molecule has 2 aromatic rings. The molecule has 1 aliphatic heterocycles. The van der Waals surface area contributed by atoms with Crippen LogP contribution in [0.3, 0.4) is 0 Å². The van der Waals surface area contributed by atoms with Crippen molar-refractivity contribution in [2.24, 2.45) is 5.92 Å². The molecule has 1 fully saturated rings. The van der Waals surface area contributed by atoms with Crippen LogP contribution >= 0.6 is 0 Å². The van der Waals surface area contributed by atoms with Gasteiger partial charge >= 0.3 is 24.7 Å². The Labute approximate surface area is 240 Å². The molecule has 236 valence electrons. The molecule has 1 saturated carbocycles. The second kappa shape index (κ2) is 11.8. The normalized spacial score (nSPS) is 19.1. The first-order valence-corrected chi connectivity index (χ1v) is 13.3. The maximum atomic E-state index is 13.8. The van der Waals surface area contributed by atoms with E-state index in [9.17, 15) is 49.1 Å². The molecule has 0 N–H and O–H groups in total. The van der Waals surface area contributed by atoms with Crippen LogP contribution in [-0.2, 0) is 39.4 Å². The lowest BCUT2D eigenvalue weighted by atomic mass is 9.87. The van der Waals surface area contributed by atoms with Gasteiger partial charge in [-0.3, -0.25) is 4.79 Å². The Bertz CT molecular complexity index is 1320. The number of carbonyl (C=O) groups excluding carboxylic acids is 2. The molecule has 0 unspecified atom stereocenters. The molecular formula is C28H27F9N2O4. The van der Waals surface area contributed by atoms with E-state index in [1.165, 1.54) is 0 Å². The highest BCUT2D eigenvalue weighted by atomic mass is 19.4. The summed E-state index contributed by atoms with van der Waals surface area (Å²) in [4.78, 5) is 31.6. The van der Waals surface area contributed by atoms with Crippen LogP contribution in [0.1, 0.15) is 73.4 Å². The van der Waals surface area contributed by atoms with Crippen LogP contribution in [0, 0.1) is 5.92 Å². The molecule has 2 atom stereocenters. The summed E-state index contributed by atoms with van der Waals surface area (Å²) < 4.78 is 127.